The van der Waals surface area contributed by atoms with E-state index < -0.39 is 23.9 Å². The fourth-order valence-electron chi connectivity index (χ4n) is 4.00. The highest BCUT2D eigenvalue weighted by Crippen LogP contribution is 2.39. The number of aliphatic hydroxyl groups excluding tert-OH is 1. The number of alkyl halides is 3. The molecule has 5 rings (SSSR count). The van der Waals surface area contributed by atoms with Crippen molar-refractivity contribution in [3.63, 3.8) is 0 Å². The van der Waals surface area contributed by atoms with Gasteiger partial charge in [0.2, 0.25) is 0 Å². The quantitative estimate of drug-likeness (QED) is 0.382. The van der Waals surface area contributed by atoms with Crippen LogP contribution in [0.4, 0.5) is 19.0 Å². The van der Waals surface area contributed by atoms with Crippen molar-refractivity contribution in [1.29, 1.82) is 0 Å². The molecule has 36 heavy (non-hydrogen) atoms. The van der Waals surface area contributed by atoms with Crippen molar-refractivity contribution in [3.05, 3.63) is 101 Å². The molecule has 0 amide bonds. The predicted octanol–water partition coefficient (Wildman–Crippen LogP) is 5.17. The Bertz CT molecular complexity index is 1370. The number of oxazole rings is 1. The standard InChI is InChI=1S/C26H20F3N3O4/c27-26(28,29)19-10-8-18(9-11-19)21-22(32-14-12-17-7-4-13-30-20(17)24(32)33)31-23(36-21)25(34)35-15-16-5-2-1-3-6-16/h1-11,13,24,33H,12,14-15H2. The van der Waals surface area contributed by atoms with E-state index >= 15 is 0 Å². The maximum Gasteiger partial charge on any atom is 0.416 e. The van der Waals surface area contributed by atoms with Gasteiger partial charge >= 0.3 is 18.0 Å². The van der Waals surface area contributed by atoms with Gasteiger partial charge in [-0.1, -0.05) is 48.5 Å². The van der Waals surface area contributed by atoms with Gasteiger partial charge in [0.15, 0.2) is 17.8 Å². The number of nitrogens with zero attached hydrogens (tertiary/aromatic N) is 3. The molecule has 2 aromatic heterocycles. The van der Waals surface area contributed by atoms with E-state index in [0.717, 1.165) is 23.3 Å². The van der Waals surface area contributed by atoms with E-state index in [4.69, 9.17) is 9.15 Å². The van der Waals surface area contributed by atoms with Crippen LogP contribution in [0.2, 0.25) is 0 Å². The maximum absolute atomic E-state index is 13.1. The Labute approximate surface area is 203 Å². The molecule has 0 bridgehead atoms. The van der Waals surface area contributed by atoms with Crippen LogP contribution < -0.4 is 4.90 Å². The Hall–Kier alpha value is -4.18. The van der Waals surface area contributed by atoms with E-state index in [1.54, 1.807) is 36.5 Å². The predicted molar refractivity (Wildman–Crippen MR) is 123 cm³/mol. The minimum absolute atomic E-state index is 0.0172. The minimum Gasteiger partial charge on any atom is -0.454 e. The van der Waals surface area contributed by atoms with Crippen molar-refractivity contribution in [2.75, 3.05) is 11.4 Å². The molecule has 2 aromatic carbocycles. The van der Waals surface area contributed by atoms with Gasteiger partial charge in [0.25, 0.3) is 0 Å². The number of benzene rings is 2. The summed E-state index contributed by atoms with van der Waals surface area (Å²) < 4.78 is 50.3. The highest BCUT2D eigenvalue weighted by atomic mass is 19.4. The first-order valence-corrected chi connectivity index (χ1v) is 11.1. The second-order valence-electron chi connectivity index (χ2n) is 8.17. The van der Waals surface area contributed by atoms with Crippen molar-refractivity contribution < 1.29 is 32.2 Å². The first kappa shape index (κ1) is 23.6. The molecule has 1 aliphatic rings. The number of carbonyl (C=O) groups is 1. The van der Waals surface area contributed by atoms with E-state index in [9.17, 15) is 23.1 Å². The molecule has 0 spiro atoms. The Kier molecular flexibility index (Phi) is 6.19. The molecular formula is C26H20F3N3O4. The molecule has 184 valence electrons. The van der Waals surface area contributed by atoms with Crippen molar-refractivity contribution in [2.45, 2.75) is 25.4 Å². The third-order valence-corrected chi connectivity index (χ3v) is 5.83. The number of fused-ring (bicyclic) bond motifs is 1. The Morgan fingerprint density at radius 3 is 2.56 bits per heavy atom. The fraction of sp³-hybridized carbons (Fsp3) is 0.192. The maximum atomic E-state index is 13.1. The van der Waals surface area contributed by atoms with E-state index in [-0.39, 0.29) is 29.6 Å². The number of hydrogen-bond donors (Lipinski definition) is 1. The number of hydrogen-bond acceptors (Lipinski definition) is 7. The topological polar surface area (TPSA) is 88.7 Å². The second-order valence-corrected chi connectivity index (χ2v) is 8.17. The number of rotatable bonds is 5. The first-order chi connectivity index (χ1) is 17.3. The van der Waals surface area contributed by atoms with Gasteiger partial charge in [-0.05, 0) is 35.7 Å². The fourth-order valence-corrected chi connectivity index (χ4v) is 4.00. The second kappa shape index (κ2) is 9.46. The number of halogens is 3. The number of anilines is 1. The molecule has 1 N–H and O–H groups in total. The third-order valence-electron chi connectivity index (χ3n) is 5.83. The lowest BCUT2D eigenvalue weighted by molar-refractivity contribution is -0.137. The molecule has 4 aromatic rings. The summed E-state index contributed by atoms with van der Waals surface area (Å²) in [4.78, 5) is 22.8. The van der Waals surface area contributed by atoms with Crippen LogP contribution in [-0.2, 0) is 23.9 Å². The van der Waals surface area contributed by atoms with Crippen molar-refractivity contribution >= 4 is 11.8 Å². The van der Waals surface area contributed by atoms with Gasteiger partial charge in [-0.2, -0.15) is 18.2 Å². The van der Waals surface area contributed by atoms with E-state index in [2.05, 4.69) is 9.97 Å². The van der Waals surface area contributed by atoms with Crippen LogP contribution in [0.25, 0.3) is 11.3 Å². The minimum atomic E-state index is -4.51. The largest absolute Gasteiger partial charge is 0.454 e. The lowest BCUT2D eigenvalue weighted by atomic mass is 10.0. The molecule has 7 nitrogen and oxygen atoms in total. The van der Waals surface area contributed by atoms with Crippen molar-refractivity contribution in [3.8, 4) is 11.3 Å². The van der Waals surface area contributed by atoms with Crippen molar-refractivity contribution in [2.24, 2.45) is 0 Å². The molecule has 1 aliphatic heterocycles. The molecule has 10 heteroatoms. The summed E-state index contributed by atoms with van der Waals surface area (Å²) in [6.45, 7) is 0.301. The molecule has 0 radical (unpaired) electrons. The lowest BCUT2D eigenvalue weighted by Crippen LogP contribution is -2.36. The molecule has 0 saturated heterocycles. The molecule has 0 saturated carbocycles. The van der Waals surface area contributed by atoms with E-state index in [1.807, 2.05) is 12.1 Å². The SMILES string of the molecule is O=C(OCc1ccccc1)c1nc(N2CCc3cccnc3C2O)c(-c2ccc(C(F)(F)F)cc2)o1. The molecule has 0 fully saturated rings. The molecule has 3 heterocycles. The number of aliphatic hydroxyl groups is 1. The molecule has 0 aliphatic carbocycles. The average Bonchev–Trinajstić information content (AvgIpc) is 3.33. The zero-order valence-electron chi connectivity index (χ0n) is 18.8. The monoisotopic (exact) mass is 495 g/mol. The summed E-state index contributed by atoms with van der Waals surface area (Å²) >= 11 is 0. The molecular weight excluding hydrogens is 475 g/mol. The van der Waals surface area contributed by atoms with Gasteiger partial charge in [-0.15, -0.1) is 0 Å². The molecule has 1 unspecified atom stereocenters. The summed E-state index contributed by atoms with van der Waals surface area (Å²) in [5.74, 6) is -1.09. The Morgan fingerprint density at radius 1 is 1.08 bits per heavy atom. The lowest BCUT2D eigenvalue weighted by Gasteiger charge is -2.33. The average molecular weight is 495 g/mol. The van der Waals surface area contributed by atoms with Crippen LogP contribution in [0.1, 0.15) is 39.3 Å². The Morgan fingerprint density at radius 2 is 1.83 bits per heavy atom. The summed E-state index contributed by atoms with van der Waals surface area (Å²) in [5, 5.41) is 11.0. The van der Waals surface area contributed by atoms with Crippen LogP contribution in [0.5, 0.6) is 0 Å². The van der Waals surface area contributed by atoms with Gasteiger partial charge in [0.05, 0.1) is 11.3 Å². The third kappa shape index (κ3) is 4.67. The van der Waals surface area contributed by atoms with Crippen molar-refractivity contribution in [1.82, 2.24) is 9.97 Å². The number of ether oxygens (including phenoxy) is 1. The van der Waals surface area contributed by atoms with Crippen LogP contribution in [-0.4, -0.2) is 27.6 Å². The van der Waals surface area contributed by atoms with E-state index in [0.29, 0.717) is 18.7 Å². The zero-order valence-corrected chi connectivity index (χ0v) is 18.8. The molecule has 1 atom stereocenters. The summed E-state index contributed by atoms with van der Waals surface area (Å²) in [7, 11) is 0. The summed E-state index contributed by atoms with van der Waals surface area (Å²) in [5.41, 5.74) is 1.48. The van der Waals surface area contributed by atoms with Gasteiger partial charge in [-0.25, -0.2) is 4.79 Å². The first-order valence-electron chi connectivity index (χ1n) is 11.1. The van der Waals surface area contributed by atoms with Gasteiger partial charge in [0, 0.05) is 18.3 Å². The summed E-state index contributed by atoms with van der Waals surface area (Å²) in [6.07, 6.45) is -3.61. The van der Waals surface area contributed by atoms with E-state index in [1.165, 1.54) is 17.0 Å². The van der Waals surface area contributed by atoms with Gasteiger partial charge < -0.3 is 19.2 Å². The highest BCUT2D eigenvalue weighted by molar-refractivity contribution is 5.87. The number of carbonyl (C=O) groups excluding carboxylic acids is 1. The zero-order chi connectivity index (χ0) is 25.3. The van der Waals surface area contributed by atoms with Crippen LogP contribution in [0, 0.1) is 0 Å². The number of aromatic nitrogens is 2. The summed E-state index contributed by atoms with van der Waals surface area (Å²) in [6, 6.07) is 16.9. The smallest absolute Gasteiger partial charge is 0.416 e. The van der Waals surface area contributed by atoms with Crippen LogP contribution in [0.3, 0.4) is 0 Å². The highest BCUT2D eigenvalue weighted by Gasteiger charge is 2.34. The normalized spacial score (nSPS) is 15.4. The van der Waals surface area contributed by atoms with Gasteiger partial charge in [-0.3, -0.25) is 4.98 Å². The number of pyridine rings is 1. The van der Waals surface area contributed by atoms with Crippen LogP contribution >= 0.6 is 0 Å². The number of esters is 1. The van der Waals surface area contributed by atoms with Gasteiger partial charge in [0.1, 0.15) is 6.61 Å². The Balaban J connectivity index is 1.50. The van der Waals surface area contributed by atoms with Crippen LogP contribution in [0.15, 0.2) is 77.3 Å².